The highest BCUT2D eigenvalue weighted by Gasteiger charge is 2.38. The summed E-state index contributed by atoms with van der Waals surface area (Å²) < 4.78 is 12.6. The Labute approximate surface area is 123 Å². The Morgan fingerprint density at radius 1 is 1.48 bits per heavy atom. The van der Waals surface area contributed by atoms with Crippen LogP contribution in [0.1, 0.15) is 44.2 Å². The van der Waals surface area contributed by atoms with Gasteiger partial charge in [0.15, 0.2) is 5.58 Å². The molecule has 3 rings (SSSR count). The minimum atomic E-state index is -0.314. The van der Waals surface area contributed by atoms with Crippen LogP contribution >= 0.6 is 0 Å². The van der Waals surface area contributed by atoms with Crippen LogP contribution in [0.4, 0.5) is 0 Å². The summed E-state index contributed by atoms with van der Waals surface area (Å²) in [4.78, 5) is 11.7. The molecule has 5 heteroatoms. The predicted octanol–water partition coefficient (Wildman–Crippen LogP) is 2.57. The Morgan fingerprint density at radius 3 is 2.81 bits per heavy atom. The fraction of sp³-hybridized carbons (Fsp3) is 0.562. The number of fused-ring (bicyclic) bond motifs is 1. The molecule has 1 aliphatic carbocycles. The molecule has 5 nitrogen and oxygen atoms in total. The Morgan fingerprint density at radius 2 is 2.24 bits per heavy atom. The third-order valence-electron chi connectivity index (χ3n) is 4.73. The number of rotatable bonds is 5. The van der Waals surface area contributed by atoms with Crippen LogP contribution in [-0.2, 0) is 11.3 Å². The van der Waals surface area contributed by atoms with E-state index in [9.17, 15) is 4.79 Å². The van der Waals surface area contributed by atoms with Crippen molar-refractivity contribution in [2.24, 2.45) is 5.73 Å². The molecule has 1 saturated carbocycles. The molecular formula is C16H22N2O3. The summed E-state index contributed by atoms with van der Waals surface area (Å²) in [6.45, 7) is 2.53. The zero-order chi connectivity index (χ0) is 15.0. The maximum Gasteiger partial charge on any atom is 0.419 e. The number of oxazole rings is 1. The molecule has 1 atom stereocenters. The van der Waals surface area contributed by atoms with Crippen LogP contribution in [0.2, 0.25) is 0 Å². The molecule has 0 aliphatic heterocycles. The lowest BCUT2D eigenvalue weighted by molar-refractivity contribution is -0.0816. The number of aryl methyl sites for hydroxylation is 1. The maximum absolute atomic E-state index is 11.7. The molecule has 2 aromatic rings. The maximum atomic E-state index is 11.7. The van der Waals surface area contributed by atoms with Gasteiger partial charge in [-0.25, -0.2) is 4.79 Å². The second-order valence-corrected chi connectivity index (χ2v) is 5.89. The van der Waals surface area contributed by atoms with Crippen molar-refractivity contribution >= 4 is 11.1 Å². The van der Waals surface area contributed by atoms with Crippen LogP contribution in [0, 0.1) is 0 Å². The molecule has 0 amide bonds. The summed E-state index contributed by atoms with van der Waals surface area (Å²) in [5, 5.41) is 0. The summed E-state index contributed by atoms with van der Waals surface area (Å²) in [5.74, 6) is -0.314. The zero-order valence-corrected chi connectivity index (χ0v) is 12.6. The quantitative estimate of drug-likeness (QED) is 0.918. The number of nitrogens with two attached hydrogens (primary N) is 1. The predicted molar refractivity (Wildman–Crippen MR) is 81.3 cm³/mol. The van der Waals surface area contributed by atoms with E-state index in [0.717, 1.165) is 30.3 Å². The molecular weight excluding hydrogens is 268 g/mol. The highest BCUT2D eigenvalue weighted by molar-refractivity contribution is 5.73. The van der Waals surface area contributed by atoms with Gasteiger partial charge in [-0.3, -0.25) is 4.57 Å². The standard InChI is InChI=1S/C16H22N2O3/c1-3-18-13-6-5-11(9-14(13)21-15(18)19)12(17)10-16(20-2)7-4-8-16/h5-6,9,12H,3-4,7-8,10,17H2,1-2H3. The first-order chi connectivity index (χ1) is 10.1. The van der Waals surface area contributed by atoms with E-state index in [4.69, 9.17) is 14.9 Å². The minimum absolute atomic E-state index is 0.0649. The van der Waals surface area contributed by atoms with E-state index >= 15 is 0 Å². The minimum Gasteiger partial charge on any atom is -0.408 e. The molecule has 0 spiro atoms. The van der Waals surface area contributed by atoms with Gasteiger partial charge in [0.1, 0.15) is 0 Å². The topological polar surface area (TPSA) is 70.4 Å². The zero-order valence-electron chi connectivity index (χ0n) is 12.6. The Hall–Kier alpha value is -1.59. The number of benzene rings is 1. The number of methoxy groups -OCH3 is 1. The van der Waals surface area contributed by atoms with E-state index in [-0.39, 0.29) is 17.4 Å². The fourth-order valence-corrected chi connectivity index (χ4v) is 3.19. The smallest absolute Gasteiger partial charge is 0.408 e. The summed E-state index contributed by atoms with van der Waals surface area (Å²) in [6.07, 6.45) is 4.14. The van der Waals surface area contributed by atoms with Gasteiger partial charge in [0.2, 0.25) is 0 Å². The number of nitrogens with zero attached hydrogens (tertiary/aromatic N) is 1. The first-order valence-corrected chi connectivity index (χ1v) is 7.52. The van der Waals surface area contributed by atoms with E-state index < -0.39 is 0 Å². The van der Waals surface area contributed by atoms with Gasteiger partial charge >= 0.3 is 5.76 Å². The largest absolute Gasteiger partial charge is 0.419 e. The van der Waals surface area contributed by atoms with Crippen LogP contribution in [0.5, 0.6) is 0 Å². The van der Waals surface area contributed by atoms with Crippen molar-refractivity contribution in [1.29, 1.82) is 0 Å². The molecule has 2 N–H and O–H groups in total. The van der Waals surface area contributed by atoms with Crippen molar-refractivity contribution in [3.8, 4) is 0 Å². The molecule has 21 heavy (non-hydrogen) atoms. The average Bonchev–Trinajstić information content (AvgIpc) is 2.76. The molecule has 1 fully saturated rings. The van der Waals surface area contributed by atoms with Gasteiger partial charge in [-0.1, -0.05) is 6.07 Å². The summed E-state index contributed by atoms with van der Waals surface area (Å²) >= 11 is 0. The van der Waals surface area contributed by atoms with Crippen LogP contribution in [-0.4, -0.2) is 17.3 Å². The van der Waals surface area contributed by atoms with E-state index in [2.05, 4.69) is 0 Å². The number of hydrogen-bond acceptors (Lipinski definition) is 4. The fourth-order valence-electron chi connectivity index (χ4n) is 3.19. The van der Waals surface area contributed by atoms with E-state index in [0.29, 0.717) is 12.1 Å². The van der Waals surface area contributed by atoms with E-state index in [1.54, 1.807) is 11.7 Å². The van der Waals surface area contributed by atoms with Crippen LogP contribution in [0.25, 0.3) is 11.1 Å². The van der Waals surface area contributed by atoms with Gasteiger partial charge in [-0.2, -0.15) is 0 Å². The number of ether oxygens (including phenoxy) is 1. The molecule has 0 saturated heterocycles. The molecule has 1 aliphatic rings. The van der Waals surface area contributed by atoms with Crippen molar-refractivity contribution in [1.82, 2.24) is 4.57 Å². The normalized spacial score (nSPS) is 18.6. The second kappa shape index (κ2) is 5.31. The molecule has 1 aromatic carbocycles. The lowest BCUT2D eigenvalue weighted by Gasteiger charge is -2.42. The Kier molecular flexibility index (Phi) is 3.63. The van der Waals surface area contributed by atoms with Gasteiger partial charge in [0, 0.05) is 19.7 Å². The average molecular weight is 290 g/mol. The molecule has 1 heterocycles. The summed E-state index contributed by atoms with van der Waals surface area (Å²) in [7, 11) is 1.76. The molecule has 1 aromatic heterocycles. The van der Waals surface area contributed by atoms with Crippen molar-refractivity contribution in [3.05, 3.63) is 34.3 Å². The molecule has 1 unspecified atom stereocenters. The van der Waals surface area contributed by atoms with Gasteiger partial charge in [-0.15, -0.1) is 0 Å². The van der Waals surface area contributed by atoms with Gasteiger partial charge < -0.3 is 14.9 Å². The lowest BCUT2D eigenvalue weighted by Crippen LogP contribution is -2.41. The van der Waals surface area contributed by atoms with E-state index in [1.807, 2.05) is 25.1 Å². The molecule has 0 radical (unpaired) electrons. The first-order valence-electron chi connectivity index (χ1n) is 7.52. The third-order valence-corrected chi connectivity index (χ3v) is 4.73. The van der Waals surface area contributed by atoms with Crippen LogP contribution in [0.3, 0.4) is 0 Å². The van der Waals surface area contributed by atoms with Crippen molar-refractivity contribution in [2.75, 3.05) is 7.11 Å². The highest BCUT2D eigenvalue weighted by atomic mass is 16.5. The van der Waals surface area contributed by atoms with Crippen molar-refractivity contribution in [2.45, 2.75) is 50.8 Å². The van der Waals surface area contributed by atoms with Crippen LogP contribution < -0.4 is 11.5 Å². The second-order valence-electron chi connectivity index (χ2n) is 5.89. The highest BCUT2D eigenvalue weighted by Crippen LogP contribution is 2.41. The monoisotopic (exact) mass is 290 g/mol. The summed E-state index contributed by atoms with van der Waals surface area (Å²) in [5.41, 5.74) is 8.68. The SMILES string of the molecule is CCn1c(=O)oc2cc(C(N)CC3(OC)CCC3)ccc21. The molecule has 0 bridgehead atoms. The third kappa shape index (κ3) is 2.40. The van der Waals surface area contributed by atoms with Crippen LogP contribution in [0.15, 0.2) is 27.4 Å². The lowest BCUT2D eigenvalue weighted by atomic mass is 9.75. The van der Waals surface area contributed by atoms with Gasteiger partial charge in [-0.05, 0) is 50.3 Å². The van der Waals surface area contributed by atoms with Gasteiger partial charge in [0.05, 0.1) is 11.1 Å². The Balaban J connectivity index is 1.88. The summed E-state index contributed by atoms with van der Waals surface area (Å²) in [6, 6.07) is 5.68. The van der Waals surface area contributed by atoms with Crippen molar-refractivity contribution in [3.63, 3.8) is 0 Å². The van der Waals surface area contributed by atoms with Gasteiger partial charge in [0.25, 0.3) is 0 Å². The molecule has 114 valence electrons. The number of aromatic nitrogens is 1. The van der Waals surface area contributed by atoms with E-state index in [1.165, 1.54) is 6.42 Å². The number of hydrogen-bond donors (Lipinski definition) is 1. The first kappa shape index (κ1) is 14.4. The Bertz CT molecular complexity index is 692. The van der Waals surface area contributed by atoms with Crippen molar-refractivity contribution < 1.29 is 9.15 Å².